The monoisotopic (exact) mass is 510 g/mol. The molecule has 2 fully saturated rings. The number of nitrogens with zero attached hydrogens (tertiary/aromatic N) is 3. The summed E-state index contributed by atoms with van der Waals surface area (Å²) in [6, 6.07) is 8.94. The minimum atomic E-state index is -1.09. The summed E-state index contributed by atoms with van der Waals surface area (Å²) < 4.78 is -0.717. The van der Waals surface area contributed by atoms with Gasteiger partial charge < -0.3 is 26.4 Å². The third-order valence-corrected chi connectivity index (χ3v) is 7.61. The molecule has 2 aliphatic heterocycles. The van der Waals surface area contributed by atoms with Gasteiger partial charge in [0.05, 0.1) is 0 Å². The Morgan fingerprint density at radius 2 is 1.86 bits per heavy atom. The molecule has 2 saturated heterocycles. The minimum Gasteiger partial charge on any atom is -0.480 e. The van der Waals surface area contributed by atoms with Crippen molar-refractivity contribution in [2.75, 3.05) is 6.54 Å². The molecule has 5 N–H and O–H groups in total. The molecule has 12 heteroatoms. The molecular weight excluding hydrogens is 484 g/mol. The lowest BCUT2D eigenvalue weighted by Gasteiger charge is -2.44. The number of fused-ring (bicyclic) bond motifs is 1. The average Bonchev–Trinajstić information content (AvgIpc) is 3.13. The van der Waals surface area contributed by atoms with Crippen LogP contribution in [-0.2, 0) is 19.2 Å². The van der Waals surface area contributed by atoms with Crippen LogP contribution in [0.4, 0.5) is 0 Å². The van der Waals surface area contributed by atoms with Crippen molar-refractivity contribution in [3.63, 3.8) is 0 Å². The Bertz CT molecular complexity index is 1210. The number of hydrogen-bond donors (Lipinski definition) is 4. The van der Waals surface area contributed by atoms with Crippen LogP contribution in [0.1, 0.15) is 31.0 Å². The summed E-state index contributed by atoms with van der Waals surface area (Å²) in [6.07, 6.45) is 3.11. The number of aromatic nitrogens is 1. The van der Waals surface area contributed by atoms with E-state index in [2.05, 4.69) is 20.6 Å². The van der Waals surface area contributed by atoms with Gasteiger partial charge >= 0.3 is 5.97 Å². The zero-order valence-electron chi connectivity index (χ0n) is 19.6. The number of amidine groups is 1. The van der Waals surface area contributed by atoms with Crippen LogP contribution in [0.15, 0.2) is 59.9 Å². The number of carboxylic acids is 1. The van der Waals surface area contributed by atoms with Gasteiger partial charge in [0.1, 0.15) is 35.9 Å². The van der Waals surface area contributed by atoms with Crippen molar-refractivity contribution in [3.8, 4) is 0 Å². The molecule has 1 aromatic carbocycles. The van der Waals surface area contributed by atoms with Crippen molar-refractivity contribution in [1.29, 1.82) is 0 Å². The Morgan fingerprint density at radius 1 is 1.19 bits per heavy atom. The van der Waals surface area contributed by atoms with E-state index in [9.17, 15) is 24.3 Å². The van der Waals surface area contributed by atoms with Gasteiger partial charge in [-0.3, -0.25) is 24.4 Å². The number of nitrogens with two attached hydrogens (primary N) is 1. The maximum absolute atomic E-state index is 13.3. The molecule has 11 nitrogen and oxygen atoms in total. The van der Waals surface area contributed by atoms with Gasteiger partial charge in [-0.05, 0) is 31.5 Å². The molecule has 4 rings (SSSR count). The molecule has 0 spiro atoms. The molecule has 0 aliphatic carbocycles. The van der Waals surface area contributed by atoms with Crippen LogP contribution in [0.2, 0.25) is 0 Å². The number of hydrogen-bond acceptors (Lipinski definition) is 7. The number of rotatable bonds is 8. The molecule has 1 aromatic heterocycles. The molecule has 36 heavy (non-hydrogen) atoms. The van der Waals surface area contributed by atoms with Crippen LogP contribution in [0.5, 0.6) is 0 Å². The number of carbonyl (C=O) groups excluding carboxylic acids is 3. The van der Waals surface area contributed by atoms with Crippen molar-refractivity contribution < 1.29 is 24.3 Å². The first-order chi connectivity index (χ1) is 17.1. The number of nitrogens with one attached hydrogen (secondary N) is 2. The van der Waals surface area contributed by atoms with Gasteiger partial charge in [-0.25, -0.2) is 4.79 Å². The van der Waals surface area contributed by atoms with Gasteiger partial charge in [0, 0.05) is 22.7 Å². The maximum Gasteiger partial charge on any atom is 0.327 e. The molecular formula is C24H26N6O5S. The van der Waals surface area contributed by atoms with Crippen LogP contribution in [0, 0.1) is 0 Å². The van der Waals surface area contributed by atoms with Crippen LogP contribution in [-0.4, -0.2) is 73.3 Å². The van der Waals surface area contributed by atoms with E-state index < -0.39 is 51.9 Å². The van der Waals surface area contributed by atoms with Crippen molar-refractivity contribution in [1.82, 2.24) is 20.5 Å². The van der Waals surface area contributed by atoms with Gasteiger partial charge in [-0.2, -0.15) is 0 Å². The Hall–Kier alpha value is -3.93. The summed E-state index contributed by atoms with van der Waals surface area (Å²) in [4.78, 5) is 59.7. The van der Waals surface area contributed by atoms with Crippen LogP contribution in [0.25, 0.3) is 0 Å². The summed E-state index contributed by atoms with van der Waals surface area (Å²) in [5, 5.41) is 14.4. The van der Waals surface area contributed by atoms with E-state index in [-0.39, 0.29) is 12.4 Å². The Kier molecular flexibility index (Phi) is 6.97. The number of thioether (sulfide) groups is 1. The summed E-state index contributed by atoms with van der Waals surface area (Å²) in [5.74, 6) is -2.53. The number of β-lactam (4-membered cyclic amide) rings is 1. The van der Waals surface area contributed by atoms with E-state index >= 15 is 0 Å². The fourth-order valence-electron chi connectivity index (χ4n) is 4.31. The largest absolute Gasteiger partial charge is 0.480 e. The molecule has 4 atom stereocenters. The van der Waals surface area contributed by atoms with E-state index in [0.29, 0.717) is 11.1 Å². The second-order valence-electron chi connectivity index (χ2n) is 8.93. The fourth-order valence-corrected chi connectivity index (χ4v) is 5.93. The lowest BCUT2D eigenvalue weighted by molar-refractivity contribution is -0.161. The molecule has 0 radical (unpaired) electrons. The number of pyridine rings is 1. The summed E-state index contributed by atoms with van der Waals surface area (Å²) in [6.45, 7) is 3.20. The molecule has 0 bridgehead atoms. The lowest BCUT2D eigenvalue weighted by Crippen LogP contribution is -2.71. The number of aliphatic carboxylic acids is 1. The van der Waals surface area contributed by atoms with E-state index in [0.717, 1.165) is 0 Å². The zero-order valence-corrected chi connectivity index (χ0v) is 20.4. The molecule has 188 valence electrons. The second kappa shape index (κ2) is 9.97. The smallest absolute Gasteiger partial charge is 0.327 e. The number of benzene rings is 1. The first-order valence-electron chi connectivity index (χ1n) is 11.2. The zero-order chi connectivity index (χ0) is 26.0. The Morgan fingerprint density at radius 3 is 2.50 bits per heavy atom. The first kappa shape index (κ1) is 25.2. The highest BCUT2D eigenvalue weighted by Crippen LogP contribution is 2.50. The molecule has 2 aliphatic rings. The van der Waals surface area contributed by atoms with Gasteiger partial charge in [-0.1, -0.05) is 30.3 Å². The molecule has 4 unspecified atom stereocenters. The summed E-state index contributed by atoms with van der Waals surface area (Å²) in [7, 11) is 0. The highest BCUT2D eigenvalue weighted by Gasteiger charge is 2.64. The second-order valence-corrected chi connectivity index (χ2v) is 10.7. The predicted octanol–water partition coefficient (Wildman–Crippen LogP) is 0.276. The van der Waals surface area contributed by atoms with Crippen LogP contribution in [0.3, 0.4) is 0 Å². The lowest BCUT2D eigenvalue weighted by atomic mass is 9.95. The third-order valence-electron chi connectivity index (χ3n) is 6.04. The molecule has 3 amide bonds. The number of carboxylic acid groups (broad SMARTS) is 1. The first-order valence-corrected chi connectivity index (χ1v) is 12.1. The molecule has 0 saturated carbocycles. The van der Waals surface area contributed by atoms with Gasteiger partial charge in [0.15, 0.2) is 0 Å². The Labute approximate surface area is 211 Å². The van der Waals surface area contributed by atoms with Gasteiger partial charge in [0.2, 0.25) is 17.7 Å². The number of carbonyl (C=O) groups is 4. The van der Waals surface area contributed by atoms with E-state index in [1.807, 2.05) is 0 Å². The fraction of sp³-hybridized carbons (Fsp3) is 0.333. The predicted molar refractivity (Wildman–Crippen MR) is 133 cm³/mol. The highest BCUT2D eigenvalue weighted by molar-refractivity contribution is 8.01. The van der Waals surface area contributed by atoms with Gasteiger partial charge in [0.25, 0.3) is 0 Å². The Balaban J connectivity index is 1.46. The van der Waals surface area contributed by atoms with Crippen LogP contribution >= 0.6 is 11.8 Å². The maximum atomic E-state index is 13.3. The number of aliphatic imine (C=N–C) groups is 1. The van der Waals surface area contributed by atoms with E-state index in [1.54, 1.807) is 68.7 Å². The molecule has 3 heterocycles. The van der Waals surface area contributed by atoms with Crippen molar-refractivity contribution in [3.05, 3.63) is 66.0 Å². The van der Waals surface area contributed by atoms with Crippen molar-refractivity contribution in [2.45, 2.75) is 42.1 Å². The number of amides is 3. The van der Waals surface area contributed by atoms with Crippen molar-refractivity contribution in [2.24, 2.45) is 10.7 Å². The normalized spacial score (nSPS) is 23.3. The SMILES string of the molecule is CC1(C)SC2C(NC(=O)C(NC(=O)CN=C(N)c3ccncc3)c3ccccc3)C(=O)N2C1C(=O)O. The van der Waals surface area contributed by atoms with Crippen molar-refractivity contribution >= 4 is 41.3 Å². The van der Waals surface area contributed by atoms with Gasteiger partial charge in [-0.15, -0.1) is 11.8 Å². The van der Waals surface area contributed by atoms with Crippen LogP contribution < -0.4 is 16.4 Å². The standard InChI is InChI=1S/C24H26N6O5S/c1-24(2)18(23(34)35)30-21(33)17(22(30)36-24)29-20(32)16(13-6-4-3-5-7-13)28-15(31)12-27-19(25)14-8-10-26-11-9-14/h3-11,16-18,22H,12H2,1-2H3,(H2,25,27)(H,28,31)(H,29,32)(H,34,35). The topological polar surface area (TPSA) is 167 Å². The van der Waals surface area contributed by atoms with E-state index in [1.165, 1.54) is 16.7 Å². The quantitative estimate of drug-likeness (QED) is 0.223. The highest BCUT2D eigenvalue weighted by atomic mass is 32.2. The summed E-state index contributed by atoms with van der Waals surface area (Å²) >= 11 is 1.32. The average molecular weight is 511 g/mol. The third kappa shape index (κ3) is 4.89. The van der Waals surface area contributed by atoms with E-state index in [4.69, 9.17) is 5.73 Å². The molecule has 2 aromatic rings. The summed E-state index contributed by atoms with van der Waals surface area (Å²) in [5.41, 5.74) is 7.06. The minimum absolute atomic E-state index is 0.155.